The van der Waals surface area contributed by atoms with Crippen molar-refractivity contribution in [3.05, 3.63) is 65.1 Å². The number of anilines is 1. The maximum Gasteiger partial charge on any atom is 0.274 e. The summed E-state index contributed by atoms with van der Waals surface area (Å²) in [6.07, 6.45) is 6.64. The number of hydrogen-bond donors (Lipinski definition) is 2. The third-order valence-electron chi connectivity index (χ3n) is 8.05. The first-order valence-corrected chi connectivity index (χ1v) is 13.0. The van der Waals surface area contributed by atoms with Crippen LogP contribution in [-0.4, -0.2) is 35.6 Å². The number of hydrogen-bond acceptors (Lipinski definition) is 6. The van der Waals surface area contributed by atoms with Crippen LogP contribution in [0, 0.1) is 23.5 Å². The Morgan fingerprint density at radius 1 is 1.26 bits per heavy atom. The molecule has 7 nitrogen and oxygen atoms in total. The Hall–Kier alpha value is -3.59. The minimum absolute atomic E-state index is 0.0576. The van der Waals surface area contributed by atoms with E-state index in [1.165, 1.54) is 13.2 Å². The highest BCUT2D eigenvalue weighted by Crippen LogP contribution is 2.43. The minimum Gasteiger partial charge on any atom is -0.496 e. The van der Waals surface area contributed by atoms with Crippen molar-refractivity contribution in [3.8, 4) is 22.8 Å². The van der Waals surface area contributed by atoms with Crippen molar-refractivity contribution in [1.82, 2.24) is 9.97 Å². The summed E-state index contributed by atoms with van der Waals surface area (Å²) >= 11 is 0. The molecule has 0 saturated heterocycles. The molecule has 3 N–H and O–H groups in total. The van der Waals surface area contributed by atoms with Gasteiger partial charge >= 0.3 is 0 Å². The van der Waals surface area contributed by atoms with Gasteiger partial charge in [-0.15, -0.1) is 0 Å². The van der Waals surface area contributed by atoms with E-state index in [9.17, 15) is 9.18 Å². The molecule has 1 amide bonds. The molecule has 1 fully saturated rings. The van der Waals surface area contributed by atoms with E-state index in [4.69, 9.17) is 15.2 Å². The number of carbonyl (C=O) groups is 1. The second-order valence-electron chi connectivity index (χ2n) is 10.2. The van der Waals surface area contributed by atoms with E-state index in [0.717, 1.165) is 30.9 Å². The summed E-state index contributed by atoms with van der Waals surface area (Å²) in [4.78, 5) is 21.7. The number of halogens is 2. The Morgan fingerprint density at radius 2 is 2.08 bits per heavy atom. The molecule has 0 bridgehead atoms. The van der Waals surface area contributed by atoms with Gasteiger partial charge in [-0.05, 0) is 60.4 Å². The van der Waals surface area contributed by atoms with E-state index in [-0.39, 0.29) is 40.4 Å². The maximum atomic E-state index is 15.4. The van der Waals surface area contributed by atoms with E-state index in [1.54, 1.807) is 18.5 Å². The third kappa shape index (κ3) is 4.71. The first-order valence-electron chi connectivity index (χ1n) is 13.0. The van der Waals surface area contributed by atoms with Gasteiger partial charge in [-0.25, -0.2) is 13.8 Å². The molecule has 4 atom stereocenters. The average Bonchev–Trinajstić information content (AvgIpc) is 3.40. The number of fused-ring (bicyclic) bond motifs is 1. The molecule has 3 aromatic rings. The SMILES string of the molecule is CC[C@H]1C[C@@H](c2ccncc2NC(=O)c2ccc(F)c(-c3c(OC)cc4c(c3F)OCC4)n2)C[C@@H](N)[C@H]1C. The quantitative estimate of drug-likeness (QED) is 0.445. The predicted molar refractivity (Wildman–Crippen MR) is 140 cm³/mol. The van der Waals surface area contributed by atoms with Gasteiger partial charge in [0.1, 0.15) is 23.0 Å². The number of methoxy groups -OCH3 is 1. The number of pyridine rings is 2. The number of carbonyl (C=O) groups excluding carboxylic acids is 1. The van der Waals surface area contributed by atoms with Crippen LogP contribution in [0.1, 0.15) is 60.6 Å². The Bertz CT molecular complexity index is 1370. The van der Waals surface area contributed by atoms with Crippen LogP contribution in [0.5, 0.6) is 11.5 Å². The van der Waals surface area contributed by atoms with Gasteiger partial charge in [0, 0.05) is 24.2 Å². The first kappa shape index (κ1) is 26.0. The predicted octanol–water partition coefficient (Wildman–Crippen LogP) is 5.48. The lowest BCUT2D eigenvalue weighted by Gasteiger charge is -2.39. The standard InChI is InChI=1S/C29H32F2N4O3/c1-4-16-11-18(12-21(32)15(16)2)19-7-9-33-14-23(19)35-29(36)22-6-5-20(30)27(34-22)25-24(37-3)13-17-8-10-38-28(17)26(25)31/h5-7,9,13-16,18,21H,4,8,10-12,32H2,1-3H3,(H,35,36)/t15-,16-,18+,21+/m0/s1. The second kappa shape index (κ2) is 10.6. The fourth-order valence-electron chi connectivity index (χ4n) is 5.80. The van der Waals surface area contributed by atoms with Gasteiger partial charge in [0.05, 0.1) is 31.2 Å². The normalized spacial score (nSPS) is 22.5. The van der Waals surface area contributed by atoms with Crippen molar-refractivity contribution in [2.45, 2.75) is 51.5 Å². The lowest BCUT2D eigenvalue weighted by Crippen LogP contribution is -2.39. The Labute approximate surface area is 220 Å². The number of nitrogens with zero attached hydrogens (tertiary/aromatic N) is 2. The summed E-state index contributed by atoms with van der Waals surface area (Å²) in [6.45, 7) is 4.70. The topological polar surface area (TPSA) is 99.4 Å². The van der Waals surface area contributed by atoms with Crippen molar-refractivity contribution in [1.29, 1.82) is 0 Å². The lowest BCUT2D eigenvalue weighted by molar-refractivity contribution is 0.102. The Kier molecular flexibility index (Phi) is 7.29. The van der Waals surface area contributed by atoms with Gasteiger partial charge in [0.25, 0.3) is 5.91 Å². The van der Waals surface area contributed by atoms with Crippen LogP contribution < -0.4 is 20.5 Å². The number of ether oxygens (including phenoxy) is 2. The zero-order valence-electron chi connectivity index (χ0n) is 21.8. The molecule has 1 aliphatic carbocycles. The molecule has 0 radical (unpaired) electrons. The van der Waals surface area contributed by atoms with Crippen LogP contribution in [0.25, 0.3) is 11.3 Å². The van der Waals surface area contributed by atoms with E-state index in [0.29, 0.717) is 36.1 Å². The monoisotopic (exact) mass is 522 g/mol. The molecule has 3 heterocycles. The molecule has 38 heavy (non-hydrogen) atoms. The minimum atomic E-state index is -0.783. The molecule has 2 aliphatic rings. The maximum absolute atomic E-state index is 15.4. The average molecular weight is 523 g/mol. The smallest absolute Gasteiger partial charge is 0.274 e. The lowest BCUT2D eigenvalue weighted by atomic mass is 9.69. The number of nitrogens with two attached hydrogens (primary N) is 1. The van der Waals surface area contributed by atoms with Gasteiger partial charge in [-0.3, -0.25) is 9.78 Å². The summed E-state index contributed by atoms with van der Waals surface area (Å²) in [5.41, 5.74) is 8.05. The molecule has 1 aliphatic heterocycles. The molecule has 200 valence electrons. The highest BCUT2D eigenvalue weighted by Gasteiger charge is 2.34. The number of aromatic nitrogens is 2. The summed E-state index contributed by atoms with van der Waals surface area (Å²) in [7, 11) is 1.37. The number of amides is 1. The molecule has 0 spiro atoms. The molecule has 1 saturated carbocycles. The highest BCUT2D eigenvalue weighted by molar-refractivity contribution is 6.03. The number of benzene rings is 1. The van der Waals surface area contributed by atoms with Crippen molar-refractivity contribution in [3.63, 3.8) is 0 Å². The van der Waals surface area contributed by atoms with Crippen LogP contribution in [0.15, 0.2) is 36.7 Å². The Balaban J connectivity index is 1.46. The molecule has 1 aromatic carbocycles. The number of rotatable bonds is 6. The molecule has 0 unspecified atom stereocenters. The summed E-state index contributed by atoms with van der Waals surface area (Å²) in [6, 6.07) is 5.96. The summed E-state index contributed by atoms with van der Waals surface area (Å²) in [5.74, 6) is -0.828. The zero-order valence-corrected chi connectivity index (χ0v) is 21.8. The molecular formula is C29H32F2N4O3. The van der Waals surface area contributed by atoms with Gasteiger partial charge < -0.3 is 20.5 Å². The van der Waals surface area contributed by atoms with E-state index in [2.05, 4.69) is 29.1 Å². The number of nitrogens with one attached hydrogen (secondary N) is 1. The highest BCUT2D eigenvalue weighted by atomic mass is 19.1. The van der Waals surface area contributed by atoms with Crippen LogP contribution in [0.4, 0.5) is 14.5 Å². The fourth-order valence-corrected chi connectivity index (χ4v) is 5.80. The van der Waals surface area contributed by atoms with Crippen molar-refractivity contribution in [2.24, 2.45) is 17.6 Å². The largest absolute Gasteiger partial charge is 0.496 e. The second-order valence-corrected chi connectivity index (χ2v) is 10.2. The van der Waals surface area contributed by atoms with Crippen LogP contribution in [0.2, 0.25) is 0 Å². The molecule has 9 heteroatoms. The molecule has 2 aromatic heterocycles. The summed E-state index contributed by atoms with van der Waals surface area (Å²) < 4.78 is 41.1. The van der Waals surface area contributed by atoms with Crippen LogP contribution in [-0.2, 0) is 6.42 Å². The van der Waals surface area contributed by atoms with Crippen molar-refractivity contribution in [2.75, 3.05) is 19.0 Å². The molecule has 5 rings (SSSR count). The molecular weight excluding hydrogens is 490 g/mol. The third-order valence-corrected chi connectivity index (χ3v) is 8.05. The van der Waals surface area contributed by atoms with Crippen molar-refractivity contribution < 1.29 is 23.0 Å². The van der Waals surface area contributed by atoms with Gasteiger partial charge in [-0.1, -0.05) is 20.3 Å². The van der Waals surface area contributed by atoms with Gasteiger partial charge in [0.2, 0.25) is 0 Å². The fraction of sp³-hybridized carbons (Fsp3) is 0.414. The summed E-state index contributed by atoms with van der Waals surface area (Å²) in [5, 5.41) is 2.89. The Morgan fingerprint density at radius 3 is 2.84 bits per heavy atom. The van der Waals surface area contributed by atoms with Gasteiger partial charge in [0.15, 0.2) is 11.6 Å². The van der Waals surface area contributed by atoms with Crippen LogP contribution >= 0.6 is 0 Å². The van der Waals surface area contributed by atoms with E-state index >= 15 is 4.39 Å². The van der Waals surface area contributed by atoms with E-state index in [1.807, 2.05) is 6.07 Å². The van der Waals surface area contributed by atoms with E-state index < -0.39 is 17.5 Å². The van der Waals surface area contributed by atoms with Crippen molar-refractivity contribution >= 4 is 11.6 Å². The zero-order chi connectivity index (χ0) is 27.0. The van der Waals surface area contributed by atoms with Crippen LogP contribution in [0.3, 0.4) is 0 Å². The first-order chi connectivity index (χ1) is 18.3. The van der Waals surface area contributed by atoms with Gasteiger partial charge in [-0.2, -0.15) is 0 Å².